The smallest absolute Gasteiger partial charge is 0.141 e. The Hall–Kier alpha value is -0.600. The van der Waals surface area contributed by atoms with Crippen molar-refractivity contribution in [3.05, 3.63) is 34.6 Å². The minimum absolute atomic E-state index is 0.196. The first-order valence-electron chi connectivity index (χ1n) is 5.23. The van der Waals surface area contributed by atoms with Gasteiger partial charge in [0.1, 0.15) is 5.82 Å². The second kappa shape index (κ2) is 3.76. The predicted octanol–water partition coefficient (Wildman–Crippen LogP) is 3.15. The summed E-state index contributed by atoms with van der Waals surface area (Å²) < 4.78 is 12.9. The molecule has 0 saturated heterocycles. The van der Waals surface area contributed by atoms with Crippen LogP contribution in [-0.4, -0.2) is 6.04 Å². The van der Waals surface area contributed by atoms with E-state index in [1.54, 1.807) is 12.1 Å². The van der Waals surface area contributed by atoms with E-state index in [2.05, 4.69) is 0 Å². The maximum Gasteiger partial charge on any atom is 0.141 e. The second-order valence-corrected chi connectivity index (χ2v) is 4.98. The van der Waals surface area contributed by atoms with Gasteiger partial charge in [-0.15, -0.1) is 0 Å². The molecule has 1 nitrogen and oxygen atoms in total. The Morgan fingerprint density at radius 3 is 2.67 bits per heavy atom. The number of halogens is 2. The standard InChI is InChI=1S/C12H15ClFN/c1-8(15)12(4-5-12)7-9-2-3-11(14)10(13)6-9/h2-3,6,8H,4-5,7,15H2,1H3. The van der Waals surface area contributed by atoms with Gasteiger partial charge in [-0.1, -0.05) is 17.7 Å². The summed E-state index contributed by atoms with van der Waals surface area (Å²) in [4.78, 5) is 0. The van der Waals surface area contributed by atoms with Crippen molar-refractivity contribution in [2.24, 2.45) is 11.1 Å². The highest BCUT2D eigenvalue weighted by molar-refractivity contribution is 6.30. The molecule has 0 aliphatic heterocycles. The van der Waals surface area contributed by atoms with Crippen molar-refractivity contribution in [3.63, 3.8) is 0 Å². The Labute approximate surface area is 94.4 Å². The topological polar surface area (TPSA) is 26.0 Å². The van der Waals surface area contributed by atoms with Crippen LogP contribution in [0.25, 0.3) is 0 Å². The molecule has 1 saturated carbocycles. The summed E-state index contributed by atoms with van der Waals surface area (Å²) in [6, 6.07) is 5.12. The van der Waals surface area contributed by atoms with Gasteiger partial charge in [-0.2, -0.15) is 0 Å². The van der Waals surface area contributed by atoms with Gasteiger partial charge in [-0.25, -0.2) is 4.39 Å². The molecule has 1 aliphatic rings. The minimum atomic E-state index is -0.355. The molecule has 1 unspecified atom stereocenters. The van der Waals surface area contributed by atoms with E-state index >= 15 is 0 Å². The van der Waals surface area contributed by atoms with Crippen molar-refractivity contribution >= 4 is 11.6 Å². The Bertz CT molecular complexity index is 372. The summed E-state index contributed by atoms with van der Waals surface area (Å²) in [6.45, 7) is 2.04. The molecule has 2 rings (SSSR count). The van der Waals surface area contributed by atoms with Crippen molar-refractivity contribution in [2.45, 2.75) is 32.2 Å². The van der Waals surface area contributed by atoms with Crippen LogP contribution in [0.3, 0.4) is 0 Å². The van der Waals surface area contributed by atoms with Crippen molar-refractivity contribution in [2.75, 3.05) is 0 Å². The van der Waals surface area contributed by atoms with E-state index < -0.39 is 0 Å². The molecule has 0 radical (unpaired) electrons. The van der Waals surface area contributed by atoms with Crippen LogP contribution in [0.1, 0.15) is 25.3 Å². The lowest BCUT2D eigenvalue weighted by atomic mass is 9.90. The first-order chi connectivity index (χ1) is 7.03. The van der Waals surface area contributed by atoms with Crippen molar-refractivity contribution in [3.8, 4) is 0 Å². The maximum atomic E-state index is 12.9. The summed E-state index contributed by atoms with van der Waals surface area (Å²) in [5.74, 6) is -0.355. The van der Waals surface area contributed by atoms with Crippen LogP contribution in [0.15, 0.2) is 18.2 Å². The van der Waals surface area contributed by atoms with Gasteiger partial charge in [-0.05, 0) is 49.3 Å². The van der Waals surface area contributed by atoms with E-state index in [1.807, 2.05) is 6.92 Å². The number of benzene rings is 1. The van der Waals surface area contributed by atoms with E-state index in [0.29, 0.717) is 0 Å². The molecule has 0 bridgehead atoms. The molecule has 82 valence electrons. The van der Waals surface area contributed by atoms with Crippen molar-refractivity contribution in [1.82, 2.24) is 0 Å². The van der Waals surface area contributed by atoms with Crippen LogP contribution in [0.4, 0.5) is 4.39 Å². The zero-order chi connectivity index (χ0) is 11.1. The van der Waals surface area contributed by atoms with Gasteiger partial charge >= 0.3 is 0 Å². The average Bonchev–Trinajstić information content (AvgIpc) is 2.93. The fourth-order valence-corrected chi connectivity index (χ4v) is 2.21. The highest BCUT2D eigenvalue weighted by Gasteiger charge is 2.45. The third kappa shape index (κ3) is 2.16. The molecule has 1 fully saturated rings. The summed E-state index contributed by atoms with van der Waals surface area (Å²) in [7, 11) is 0. The number of nitrogens with two attached hydrogens (primary N) is 1. The SMILES string of the molecule is CC(N)C1(Cc2ccc(F)c(Cl)c2)CC1. The third-order valence-electron chi connectivity index (χ3n) is 3.40. The van der Waals surface area contributed by atoms with E-state index in [1.165, 1.54) is 18.9 Å². The highest BCUT2D eigenvalue weighted by Crippen LogP contribution is 2.50. The van der Waals surface area contributed by atoms with Gasteiger partial charge < -0.3 is 5.73 Å². The molecule has 2 N–H and O–H groups in total. The van der Waals surface area contributed by atoms with E-state index in [-0.39, 0.29) is 22.3 Å². The number of rotatable bonds is 3. The lowest BCUT2D eigenvalue weighted by Gasteiger charge is -2.19. The molecule has 15 heavy (non-hydrogen) atoms. The zero-order valence-corrected chi connectivity index (χ0v) is 9.52. The van der Waals surface area contributed by atoms with Gasteiger partial charge in [0.25, 0.3) is 0 Å². The van der Waals surface area contributed by atoms with Crippen LogP contribution in [-0.2, 0) is 6.42 Å². The van der Waals surface area contributed by atoms with Gasteiger partial charge in [0.15, 0.2) is 0 Å². The molecule has 0 amide bonds. The minimum Gasteiger partial charge on any atom is -0.327 e. The largest absolute Gasteiger partial charge is 0.327 e. The van der Waals surface area contributed by atoms with Gasteiger partial charge in [0, 0.05) is 6.04 Å². The van der Waals surface area contributed by atoms with E-state index in [9.17, 15) is 4.39 Å². The molecule has 1 atom stereocenters. The van der Waals surface area contributed by atoms with Crippen LogP contribution >= 0.6 is 11.6 Å². The van der Waals surface area contributed by atoms with Crippen LogP contribution < -0.4 is 5.73 Å². The summed E-state index contributed by atoms with van der Waals surface area (Å²) in [5, 5.41) is 0.202. The van der Waals surface area contributed by atoms with Crippen molar-refractivity contribution in [1.29, 1.82) is 0 Å². The monoisotopic (exact) mass is 227 g/mol. The third-order valence-corrected chi connectivity index (χ3v) is 3.69. The molecular formula is C12H15ClFN. The lowest BCUT2D eigenvalue weighted by molar-refractivity contribution is 0.418. The molecule has 1 aromatic carbocycles. The Morgan fingerprint density at radius 1 is 1.53 bits per heavy atom. The molecule has 3 heteroatoms. The zero-order valence-electron chi connectivity index (χ0n) is 8.76. The summed E-state index contributed by atoms with van der Waals surface area (Å²) in [6.07, 6.45) is 3.24. The quantitative estimate of drug-likeness (QED) is 0.844. The Balaban J connectivity index is 2.15. The summed E-state index contributed by atoms with van der Waals surface area (Å²) in [5.41, 5.74) is 7.26. The van der Waals surface area contributed by atoms with Gasteiger partial charge in [0.05, 0.1) is 5.02 Å². The first kappa shape index (κ1) is 10.9. The Morgan fingerprint density at radius 2 is 2.20 bits per heavy atom. The second-order valence-electron chi connectivity index (χ2n) is 4.58. The molecule has 0 aromatic heterocycles. The number of hydrogen-bond donors (Lipinski definition) is 1. The molecule has 1 aliphatic carbocycles. The van der Waals surface area contributed by atoms with Crippen LogP contribution in [0.2, 0.25) is 5.02 Å². The molecule has 1 aromatic rings. The predicted molar refractivity (Wildman–Crippen MR) is 60.4 cm³/mol. The molecule has 0 heterocycles. The van der Waals surface area contributed by atoms with Crippen LogP contribution in [0, 0.1) is 11.2 Å². The first-order valence-corrected chi connectivity index (χ1v) is 5.61. The highest BCUT2D eigenvalue weighted by atomic mass is 35.5. The molecular weight excluding hydrogens is 213 g/mol. The fraction of sp³-hybridized carbons (Fsp3) is 0.500. The van der Waals surface area contributed by atoms with Gasteiger partial charge in [-0.3, -0.25) is 0 Å². The lowest BCUT2D eigenvalue weighted by Crippen LogP contribution is -2.29. The van der Waals surface area contributed by atoms with Crippen molar-refractivity contribution < 1.29 is 4.39 Å². The fourth-order valence-electron chi connectivity index (χ4n) is 2.01. The number of hydrogen-bond acceptors (Lipinski definition) is 1. The maximum absolute atomic E-state index is 12.9. The van der Waals surface area contributed by atoms with E-state index in [4.69, 9.17) is 17.3 Å². The summed E-state index contributed by atoms with van der Waals surface area (Å²) >= 11 is 5.74. The Kier molecular flexibility index (Phi) is 2.73. The van der Waals surface area contributed by atoms with Gasteiger partial charge in [0.2, 0.25) is 0 Å². The van der Waals surface area contributed by atoms with E-state index in [0.717, 1.165) is 12.0 Å². The van der Waals surface area contributed by atoms with Crippen LogP contribution in [0.5, 0.6) is 0 Å². The average molecular weight is 228 g/mol. The molecule has 0 spiro atoms. The normalized spacial score (nSPS) is 20.0.